The zero-order chi connectivity index (χ0) is 8.20. The number of carbonyl (C=O) groups is 1. The zero-order valence-corrected chi connectivity index (χ0v) is 9.63. The van der Waals surface area contributed by atoms with E-state index in [1.807, 2.05) is 0 Å². The molecule has 0 saturated carbocycles. The number of halogens is 2. The number of rotatable bonds is 3. The number of quaternary nitrogens is 1. The fourth-order valence-corrected chi connectivity index (χ4v) is 0.463. The van der Waals surface area contributed by atoms with E-state index in [0.29, 0.717) is 6.61 Å². The fraction of sp³-hybridized carbons (Fsp3) is 0.857. The van der Waals surface area contributed by atoms with Crippen LogP contribution in [0, 0.1) is 0 Å². The van der Waals surface area contributed by atoms with E-state index in [4.69, 9.17) is 4.74 Å². The highest BCUT2D eigenvalue weighted by molar-refractivity contribution is 5.85. The van der Waals surface area contributed by atoms with Crippen LogP contribution in [0.1, 0.15) is 6.92 Å². The number of likely N-dealkylation sites (N-methyl/N-ethyl adjacent to an activating group) is 1. The Morgan fingerprint density at radius 3 is 1.92 bits per heavy atom. The molecule has 0 aromatic carbocycles. The summed E-state index contributed by atoms with van der Waals surface area (Å²) in [6.07, 6.45) is 0. The van der Waals surface area contributed by atoms with Crippen LogP contribution < -0.4 is 0 Å². The number of nitrogens with zero attached hydrogens (tertiary/aromatic N) is 1. The Hall–Kier alpha value is 0.01000. The summed E-state index contributed by atoms with van der Waals surface area (Å²) in [6.45, 7) is 2.80. The quantitative estimate of drug-likeness (QED) is 0.524. The van der Waals surface area contributed by atoms with E-state index in [-0.39, 0.29) is 30.8 Å². The number of ether oxygens (including phenoxy) is 1. The third kappa shape index (κ3) is 16.5. The third-order valence-electron chi connectivity index (χ3n) is 1.07. The van der Waals surface area contributed by atoms with E-state index in [2.05, 4.69) is 21.1 Å². The van der Waals surface area contributed by atoms with Crippen molar-refractivity contribution in [2.75, 3.05) is 34.3 Å². The summed E-state index contributed by atoms with van der Waals surface area (Å²) in [5.74, 6) is -0.201. The molecule has 0 aliphatic carbocycles. The van der Waals surface area contributed by atoms with Gasteiger partial charge in [-0.3, -0.25) is 4.79 Å². The number of hydrogen-bond donors (Lipinski definition) is 0. The van der Waals surface area contributed by atoms with Gasteiger partial charge >= 0.3 is 5.97 Å². The van der Waals surface area contributed by atoms with Crippen LogP contribution in [0.4, 0.5) is 0 Å². The smallest absolute Gasteiger partial charge is 0.302 e. The molecule has 0 bridgehead atoms. The first-order valence-electron chi connectivity index (χ1n) is 3.35. The maximum absolute atomic E-state index is 10.3. The van der Waals surface area contributed by atoms with Gasteiger partial charge in [0.05, 0.1) is 21.1 Å². The first kappa shape index (κ1) is 17.9. The molecule has 12 heavy (non-hydrogen) atoms. The van der Waals surface area contributed by atoms with Crippen LogP contribution in [0.25, 0.3) is 0 Å². The molecular weight excluding hydrogens is 201 g/mol. The van der Waals surface area contributed by atoms with Gasteiger partial charge in [-0.05, 0) is 0 Å². The van der Waals surface area contributed by atoms with Crippen molar-refractivity contribution >= 4 is 30.8 Å². The molecule has 0 aromatic rings. The van der Waals surface area contributed by atoms with Gasteiger partial charge in [0.2, 0.25) is 0 Å². The van der Waals surface area contributed by atoms with Crippen LogP contribution in [0.2, 0.25) is 0 Å². The Morgan fingerprint density at radius 2 is 1.67 bits per heavy atom. The molecule has 0 unspecified atom stereocenters. The first-order chi connectivity index (χ1) is 4.42. The van der Waals surface area contributed by atoms with Crippen LogP contribution in [-0.2, 0) is 9.53 Å². The van der Waals surface area contributed by atoms with Crippen molar-refractivity contribution in [3.63, 3.8) is 0 Å². The highest BCUT2D eigenvalue weighted by Gasteiger charge is 2.06. The van der Waals surface area contributed by atoms with Crippen molar-refractivity contribution in [3.05, 3.63) is 0 Å². The molecule has 0 heterocycles. The zero-order valence-electron chi connectivity index (χ0n) is 7.99. The predicted octanol–water partition coefficient (Wildman–Crippen LogP) is 1.10. The predicted molar refractivity (Wildman–Crippen MR) is 54.0 cm³/mol. The van der Waals surface area contributed by atoms with Crippen LogP contribution >= 0.6 is 24.8 Å². The summed E-state index contributed by atoms with van der Waals surface area (Å²) in [5, 5.41) is 0. The second-order valence-electron chi connectivity index (χ2n) is 3.35. The lowest BCUT2D eigenvalue weighted by atomic mass is 10.5. The van der Waals surface area contributed by atoms with Crippen molar-refractivity contribution < 1.29 is 14.0 Å². The van der Waals surface area contributed by atoms with Crippen molar-refractivity contribution in [1.29, 1.82) is 0 Å². The van der Waals surface area contributed by atoms with Gasteiger partial charge in [0, 0.05) is 6.92 Å². The van der Waals surface area contributed by atoms with E-state index >= 15 is 0 Å². The lowest BCUT2D eigenvalue weighted by Gasteiger charge is -2.23. The van der Waals surface area contributed by atoms with Crippen molar-refractivity contribution in [3.8, 4) is 0 Å². The van der Waals surface area contributed by atoms with Gasteiger partial charge in [-0.25, -0.2) is 0 Å². The summed E-state index contributed by atoms with van der Waals surface area (Å²) >= 11 is 0. The van der Waals surface area contributed by atoms with Gasteiger partial charge < -0.3 is 9.22 Å². The Kier molecular flexibility index (Phi) is 11.4. The molecule has 0 amide bonds. The van der Waals surface area contributed by atoms with Crippen LogP contribution in [0.5, 0.6) is 0 Å². The lowest BCUT2D eigenvalue weighted by molar-refractivity contribution is -0.870. The third-order valence-corrected chi connectivity index (χ3v) is 1.07. The largest absolute Gasteiger partial charge is 0.460 e. The van der Waals surface area contributed by atoms with E-state index < -0.39 is 0 Å². The summed E-state index contributed by atoms with van der Waals surface area (Å²) in [4.78, 5) is 10.3. The maximum atomic E-state index is 10.3. The van der Waals surface area contributed by atoms with Gasteiger partial charge in [0.1, 0.15) is 13.2 Å². The minimum Gasteiger partial charge on any atom is -0.460 e. The van der Waals surface area contributed by atoms with Gasteiger partial charge in [0.25, 0.3) is 0 Å². The molecule has 0 spiro atoms. The van der Waals surface area contributed by atoms with Gasteiger partial charge in [-0.1, -0.05) is 0 Å². The lowest BCUT2D eigenvalue weighted by Crippen LogP contribution is -2.37. The van der Waals surface area contributed by atoms with Crippen molar-refractivity contribution in [2.45, 2.75) is 6.92 Å². The van der Waals surface area contributed by atoms with Crippen LogP contribution in [0.3, 0.4) is 0 Å². The maximum Gasteiger partial charge on any atom is 0.302 e. The standard InChI is InChI=1S/C7H16NO2.2ClH/c1-7(9)10-6-5-8(2,3)4;;/h5-6H2,1-4H3;2*1H/q+1;;. The summed E-state index contributed by atoms with van der Waals surface area (Å²) in [5.41, 5.74) is 0. The van der Waals surface area contributed by atoms with Crippen LogP contribution in [-0.4, -0.2) is 44.7 Å². The van der Waals surface area contributed by atoms with Gasteiger partial charge in [0.15, 0.2) is 0 Å². The molecule has 0 aromatic heterocycles. The molecule has 0 aliphatic rings. The molecule has 76 valence electrons. The minimum atomic E-state index is -0.201. The number of carbonyl (C=O) groups excluding carboxylic acids is 1. The molecule has 0 fully saturated rings. The minimum absolute atomic E-state index is 0. The normalized spacial score (nSPS) is 9.33. The average Bonchev–Trinajstić information content (AvgIpc) is 1.59. The topological polar surface area (TPSA) is 26.3 Å². The van der Waals surface area contributed by atoms with E-state index in [1.165, 1.54) is 6.92 Å². The SMILES string of the molecule is CC(=O)OCC[N+](C)(C)C.Cl.Cl. The second-order valence-corrected chi connectivity index (χ2v) is 3.35. The molecule has 5 heteroatoms. The van der Waals surface area contributed by atoms with Gasteiger partial charge in [-0.15, -0.1) is 24.8 Å². The monoisotopic (exact) mass is 218 g/mol. The molecule has 3 nitrogen and oxygen atoms in total. The Labute approximate surface area is 86.5 Å². The van der Waals surface area contributed by atoms with Crippen molar-refractivity contribution in [1.82, 2.24) is 0 Å². The molecule has 0 rings (SSSR count). The molecule has 0 atom stereocenters. The summed E-state index contributed by atoms with van der Waals surface area (Å²) in [7, 11) is 6.18. The van der Waals surface area contributed by atoms with Gasteiger partial charge in [-0.2, -0.15) is 0 Å². The summed E-state index contributed by atoms with van der Waals surface area (Å²) in [6, 6.07) is 0. The van der Waals surface area contributed by atoms with E-state index in [9.17, 15) is 4.79 Å². The Morgan fingerprint density at radius 1 is 1.25 bits per heavy atom. The Bertz CT molecular complexity index is 123. The van der Waals surface area contributed by atoms with Crippen molar-refractivity contribution in [2.24, 2.45) is 0 Å². The summed E-state index contributed by atoms with van der Waals surface area (Å²) < 4.78 is 5.59. The van der Waals surface area contributed by atoms with Crippen LogP contribution in [0.15, 0.2) is 0 Å². The molecule has 0 radical (unpaired) electrons. The molecule has 0 saturated heterocycles. The first-order valence-corrected chi connectivity index (χ1v) is 3.35. The number of hydrogen-bond acceptors (Lipinski definition) is 2. The van der Waals surface area contributed by atoms with E-state index in [1.54, 1.807) is 0 Å². The van der Waals surface area contributed by atoms with E-state index in [0.717, 1.165) is 11.0 Å². The number of esters is 1. The average molecular weight is 219 g/mol. The highest BCUT2D eigenvalue weighted by atomic mass is 35.5. The fourth-order valence-electron chi connectivity index (χ4n) is 0.463. The molecule has 0 N–H and O–H groups in total. The molecule has 0 aliphatic heterocycles. The molecular formula is C7H18Cl2NO2+. The highest BCUT2D eigenvalue weighted by Crippen LogP contribution is 1.88. The second kappa shape index (κ2) is 7.65. The Balaban J connectivity index is -0.000000405.